The summed E-state index contributed by atoms with van der Waals surface area (Å²) in [4.78, 5) is 21.6. The summed E-state index contributed by atoms with van der Waals surface area (Å²) in [6, 6.07) is 0. The highest BCUT2D eigenvalue weighted by Gasteiger charge is 2.28. The fraction of sp³-hybridized carbons (Fsp3) is 0.833. The highest BCUT2D eigenvalue weighted by Crippen LogP contribution is 2.25. The van der Waals surface area contributed by atoms with Crippen molar-refractivity contribution < 1.29 is 19.8 Å². The van der Waals surface area contributed by atoms with E-state index in [0.717, 1.165) is 32.1 Å². The topological polar surface area (TPSA) is 74.6 Å². The van der Waals surface area contributed by atoms with E-state index in [1.165, 1.54) is 0 Å². The van der Waals surface area contributed by atoms with Crippen LogP contribution in [-0.4, -0.2) is 22.2 Å². The van der Waals surface area contributed by atoms with Crippen LogP contribution in [0.25, 0.3) is 0 Å². The smallest absolute Gasteiger partial charge is 0.307 e. The van der Waals surface area contributed by atoms with Gasteiger partial charge < -0.3 is 10.2 Å². The number of aliphatic carboxylic acids is 2. The van der Waals surface area contributed by atoms with Gasteiger partial charge in [-0.3, -0.25) is 9.59 Å². The van der Waals surface area contributed by atoms with Crippen LogP contribution in [-0.2, 0) is 9.59 Å². The van der Waals surface area contributed by atoms with Gasteiger partial charge >= 0.3 is 11.9 Å². The van der Waals surface area contributed by atoms with Crippen LogP contribution in [0.1, 0.15) is 52.4 Å². The zero-order valence-corrected chi connectivity index (χ0v) is 10.1. The van der Waals surface area contributed by atoms with Gasteiger partial charge in [0.05, 0.1) is 12.3 Å². The van der Waals surface area contributed by atoms with E-state index in [2.05, 4.69) is 6.92 Å². The largest absolute Gasteiger partial charge is 0.481 e. The van der Waals surface area contributed by atoms with Crippen molar-refractivity contribution in [2.24, 2.45) is 11.8 Å². The maximum atomic E-state index is 11.0. The predicted octanol–water partition coefficient (Wildman–Crippen LogP) is 2.77. The Morgan fingerprint density at radius 3 is 2.12 bits per heavy atom. The summed E-state index contributed by atoms with van der Waals surface area (Å²) < 4.78 is 0. The molecule has 2 N–H and O–H groups in total. The molecule has 4 nitrogen and oxygen atoms in total. The summed E-state index contributed by atoms with van der Waals surface area (Å²) in [5, 5.41) is 17.7. The lowest BCUT2D eigenvalue weighted by Gasteiger charge is -2.21. The number of hydrogen-bond acceptors (Lipinski definition) is 2. The zero-order valence-electron chi connectivity index (χ0n) is 10.1. The number of rotatable bonds is 9. The summed E-state index contributed by atoms with van der Waals surface area (Å²) in [7, 11) is 0. The quantitative estimate of drug-likeness (QED) is 0.597. The lowest BCUT2D eigenvalue weighted by molar-refractivity contribution is -0.150. The molecule has 0 bridgehead atoms. The Kier molecular flexibility index (Phi) is 7.60. The van der Waals surface area contributed by atoms with Gasteiger partial charge in [-0.1, -0.05) is 39.5 Å². The van der Waals surface area contributed by atoms with Crippen molar-refractivity contribution in [2.75, 3.05) is 0 Å². The molecule has 0 amide bonds. The predicted molar refractivity (Wildman–Crippen MR) is 61.3 cm³/mol. The fourth-order valence-corrected chi connectivity index (χ4v) is 1.99. The molecule has 0 spiro atoms. The van der Waals surface area contributed by atoms with Gasteiger partial charge in [-0.05, 0) is 12.3 Å². The lowest BCUT2D eigenvalue weighted by atomic mass is 9.83. The number of unbranched alkanes of at least 4 members (excludes halogenated alkanes) is 2. The van der Waals surface area contributed by atoms with Gasteiger partial charge in [-0.15, -0.1) is 0 Å². The third-order valence-electron chi connectivity index (χ3n) is 2.98. The van der Waals surface area contributed by atoms with Crippen LogP contribution in [0.4, 0.5) is 0 Å². The van der Waals surface area contributed by atoms with Crippen molar-refractivity contribution in [1.82, 2.24) is 0 Å². The van der Waals surface area contributed by atoms with E-state index in [0.29, 0.717) is 0 Å². The molecule has 0 aliphatic heterocycles. The minimum atomic E-state index is -1.03. The van der Waals surface area contributed by atoms with E-state index in [-0.39, 0.29) is 12.3 Å². The molecule has 0 aliphatic rings. The van der Waals surface area contributed by atoms with Crippen molar-refractivity contribution in [1.29, 1.82) is 0 Å². The molecule has 0 aromatic carbocycles. The molecule has 94 valence electrons. The molecule has 0 heterocycles. The van der Waals surface area contributed by atoms with Crippen LogP contribution in [0.3, 0.4) is 0 Å². The van der Waals surface area contributed by atoms with Crippen LogP contribution in [0.15, 0.2) is 0 Å². The maximum Gasteiger partial charge on any atom is 0.307 e. The molecule has 16 heavy (non-hydrogen) atoms. The first-order valence-corrected chi connectivity index (χ1v) is 5.97. The van der Waals surface area contributed by atoms with E-state index in [4.69, 9.17) is 10.2 Å². The van der Waals surface area contributed by atoms with Gasteiger partial charge in [0.2, 0.25) is 0 Å². The Balaban J connectivity index is 4.33. The third kappa shape index (κ3) is 5.73. The second kappa shape index (κ2) is 8.13. The van der Waals surface area contributed by atoms with Gasteiger partial charge in [0, 0.05) is 0 Å². The summed E-state index contributed by atoms with van der Waals surface area (Å²) >= 11 is 0. The minimum Gasteiger partial charge on any atom is -0.481 e. The van der Waals surface area contributed by atoms with Gasteiger partial charge in [-0.25, -0.2) is 0 Å². The van der Waals surface area contributed by atoms with Gasteiger partial charge in [0.25, 0.3) is 0 Å². The third-order valence-corrected chi connectivity index (χ3v) is 2.98. The van der Waals surface area contributed by atoms with Crippen molar-refractivity contribution in [3.05, 3.63) is 0 Å². The molecule has 0 aromatic rings. The van der Waals surface area contributed by atoms with E-state index >= 15 is 0 Å². The number of carbonyl (C=O) groups is 2. The monoisotopic (exact) mass is 230 g/mol. The van der Waals surface area contributed by atoms with E-state index in [1.54, 1.807) is 0 Å². The number of hydrogen-bond donors (Lipinski definition) is 2. The second-order valence-corrected chi connectivity index (χ2v) is 4.21. The van der Waals surface area contributed by atoms with Crippen molar-refractivity contribution >= 4 is 11.9 Å². The van der Waals surface area contributed by atoms with Crippen LogP contribution < -0.4 is 0 Å². The molecule has 4 heteroatoms. The van der Waals surface area contributed by atoms with Crippen molar-refractivity contribution in [3.63, 3.8) is 0 Å². The lowest BCUT2D eigenvalue weighted by Crippen LogP contribution is -2.26. The molecule has 2 unspecified atom stereocenters. The second-order valence-electron chi connectivity index (χ2n) is 4.21. The Bertz CT molecular complexity index is 225. The highest BCUT2D eigenvalue weighted by atomic mass is 16.4. The summed E-state index contributed by atoms with van der Waals surface area (Å²) in [6.07, 6.45) is 4.43. The van der Waals surface area contributed by atoms with E-state index in [9.17, 15) is 9.59 Å². The summed E-state index contributed by atoms with van der Waals surface area (Å²) in [5.41, 5.74) is 0. The molecule has 0 fully saturated rings. The van der Waals surface area contributed by atoms with Crippen molar-refractivity contribution in [2.45, 2.75) is 52.4 Å². The number of carboxylic acid groups (broad SMARTS) is 2. The SMILES string of the molecule is CCCCCC(CC)C(CC(=O)O)C(=O)O. The normalized spacial score (nSPS) is 14.4. The molecular weight excluding hydrogens is 208 g/mol. The Morgan fingerprint density at radius 1 is 1.12 bits per heavy atom. The molecule has 0 rings (SSSR count). The Hall–Kier alpha value is -1.06. The Labute approximate surface area is 96.7 Å². The molecule has 2 atom stereocenters. The average molecular weight is 230 g/mol. The highest BCUT2D eigenvalue weighted by molar-refractivity contribution is 5.77. The summed E-state index contributed by atoms with van der Waals surface area (Å²) in [6.45, 7) is 4.02. The van der Waals surface area contributed by atoms with E-state index < -0.39 is 17.9 Å². The average Bonchev–Trinajstić information content (AvgIpc) is 2.21. The van der Waals surface area contributed by atoms with Gasteiger partial charge in [0.15, 0.2) is 0 Å². The van der Waals surface area contributed by atoms with Crippen LogP contribution in [0.2, 0.25) is 0 Å². The standard InChI is InChI=1S/C12H22O4/c1-3-5-6-7-9(4-2)10(12(15)16)8-11(13)14/h9-10H,3-8H2,1-2H3,(H,13,14)(H,15,16). The van der Waals surface area contributed by atoms with Crippen LogP contribution in [0.5, 0.6) is 0 Å². The van der Waals surface area contributed by atoms with E-state index in [1.807, 2.05) is 6.92 Å². The van der Waals surface area contributed by atoms with Crippen molar-refractivity contribution in [3.8, 4) is 0 Å². The molecule has 0 saturated carbocycles. The van der Waals surface area contributed by atoms with Crippen LogP contribution in [0, 0.1) is 11.8 Å². The first-order chi connectivity index (χ1) is 7.52. The molecule has 0 aromatic heterocycles. The minimum absolute atomic E-state index is 0.0138. The molecule has 0 saturated heterocycles. The molecule has 0 radical (unpaired) electrons. The zero-order chi connectivity index (χ0) is 12.6. The first kappa shape index (κ1) is 14.9. The maximum absolute atomic E-state index is 11.0. The Morgan fingerprint density at radius 2 is 1.75 bits per heavy atom. The molecule has 0 aliphatic carbocycles. The number of carboxylic acids is 2. The first-order valence-electron chi connectivity index (χ1n) is 5.97. The summed E-state index contributed by atoms with van der Waals surface area (Å²) in [5.74, 6) is -2.76. The molecular formula is C12H22O4. The fourth-order valence-electron chi connectivity index (χ4n) is 1.99. The van der Waals surface area contributed by atoms with Gasteiger partial charge in [0.1, 0.15) is 0 Å². The van der Waals surface area contributed by atoms with Gasteiger partial charge in [-0.2, -0.15) is 0 Å². The van der Waals surface area contributed by atoms with Crippen LogP contribution >= 0.6 is 0 Å².